The van der Waals surface area contributed by atoms with E-state index < -0.39 is 0 Å². The van der Waals surface area contributed by atoms with Crippen molar-refractivity contribution in [2.45, 2.75) is 32.2 Å². The summed E-state index contributed by atoms with van der Waals surface area (Å²) in [4.78, 5) is 16.9. The summed E-state index contributed by atoms with van der Waals surface area (Å²) in [5.41, 5.74) is 3.27. The number of carbonyl (C=O) groups is 1. The highest BCUT2D eigenvalue weighted by Gasteiger charge is 2.44. The van der Waals surface area contributed by atoms with E-state index in [4.69, 9.17) is 11.6 Å². The van der Waals surface area contributed by atoms with Gasteiger partial charge in [0, 0.05) is 24.0 Å². The number of benzene rings is 2. The minimum atomic E-state index is 0.0608. The fourth-order valence-corrected chi connectivity index (χ4v) is 3.94. The molecule has 1 amide bonds. The third kappa shape index (κ3) is 3.34. The number of nitrogens with zero attached hydrogens (tertiary/aromatic N) is 2. The highest BCUT2D eigenvalue weighted by Crippen LogP contribution is 2.49. The number of fused-ring (bicyclic) bond motifs is 1. The summed E-state index contributed by atoms with van der Waals surface area (Å²) < 4.78 is 2.21. The van der Waals surface area contributed by atoms with E-state index in [9.17, 15) is 4.79 Å². The molecule has 1 saturated carbocycles. The van der Waals surface area contributed by atoms with Gasteiger partial charge in [-0.2, -0.15) is 0 Å². The Labute approximate surface area is 158 Å². The number of nitrogens with one attached hydrogen (secondary N) is 1. The molecule has 5 heteroatoms. The number of aromatic nitrogens is 2. The van der Waals surface area contributed by atoms with Crippen molar-refractivity contribution in [3.63, 3.8) is 0 Å². The first kappa shape index (κ1) is 17.1. The van der Waals surface area contributed by atoms with Gasteiger partial charge in [-0.1, -0.05) is 41.9 Å². The molecule has 1 heterocycles. The Balaban J connectivity index is 1.28. The zero-order valence-electron chi connectivity index (χ0n) is 14.8. The molecule has 4 rings (SSSR count). The van der Waals surface area contributed by atoms with Crippen molar-refractivity contribution in [1.29, 1.82) is 0 Å². The summed E-state index contributed by atoms with van der Waals surface area (Å²) in [5.74, 6) is 1.48. The number of aryl methyl sites for hydroxylation is 2. The molecule has 2 aromatic carbocycles. The van der Waals surface area contributed by atoms with Crippen LogP contribution in [-0.4, -0.2) is 22.0 Å². The van der Waals surface area contributed by atoms with Crippen molar-refractivity contribution in [2.24, 2.45) is 5.92 Å². The summed E-state index contributed by atoms with van der Waals surface area (Å²) in [6, 6.07) is 16.0. The maximum atomic E-state index is 12.4. The third-order valence-corrected chi connectivity index (χ3v) is 5.48. The van der Waals surface area contributed by atoms with Crippen LogP contribution < -0.4 is 5.32 Å². The average molecular weight is 368 g/mol. The van der Waals surface area contributed by atoms with Crippen molar-refractivity contribution in [2.75, 3.05) is 6.54 Å². The first-order valence-corrected chi connectivity index (χ1v) is 9.47. The largest absolute Gasteiger partial charge is 0.356 e. The van der Waals surface area contributed by atoms with Crippen LogP contribution in [0.3, 0.4) is 0 Å². The SMILES string of the molecule is Cc1nc2ccccc2n1CCCNC(=O)C1CC1c1ccccc1Cl. The Kier molecular flexibility index (Phi) is 4.68. The van der Waals surface area contributed by atoms with Crippen LogP contribution in [0.15, 0.2) is 48.5 Å². The molecule has 1 aromatic heterocycles. The van der Waals surface area contributed by atoms with E-state index in [0.717, 1.165) is 46.8 Å². The molecule has 2 unspecified atom stereocenters. The fourth-order valence-electron chi connectivity index (χ4n) is 3.66. The molecule has 0 spiro atoms. The van der Waals surface area contributed by atoms with Crippen LogP contribution in [-0.2, 0) is 11.3 Å². The number of para-hydroxylation sites is 2. The molecule has 1 aliphatic rings. The van der Waals surface area contributed by atoms with Gasteiger partial charge in [-0.05, 0) is 49.4 Å². The molecule has 1 N–H and O–H groups in total. The molecule has 0 radical (unpaired) electrons. The van der Waals surface area contributed by atoms with E-state index >= 15 is 0 Å². The lowest BCUT2D eigenvalue weighted by molar-refractivity contribution is -0.122. The number of halogens is 1. The summed E-state index contributed by atoms with van der Waals surface area (Å²) in [6.07, 6.45) is 1.78. The van der Waals surface area contributed by atoms with Crippen molar-refractivity contribution < 1.29 is 4.79 Å². The highest BCUT2D eigenvalue weighted by molar-refractivity contribution is 6.31. The van der Waals surface area contributed by atoms with E-state index in [-0.39, 0.29) is 17.7 Å². The Morgan fingerprint density at radius 2 is 2.00 bits per heavy atom. The van der Waals surface area contributed by atoms with E-state index in [1.54, 1.807) is 0 Å². The van der Waals surface area contributed by atoms with Gasteiger partial charge in [0.15, 0.2) is 0 Å². The van der Waals surface area contributed by atoms with Gasteiger partial charge in [-0.15, -0.1) is 0 Å². The Bertz CT molecular complexity index is 949. The molecular weight excluding hydrogens is 346 g/mol. The molecule has 134 valence electrons. The van der Waals surface area contributed by atoms with Gasteiger partial charge in [0.2, 0.25) is 5.91 Å². The molecule has 0 saturated heterocycles. The van der Waals surface area contributed by atoms with E-state index in [0.29, 0.717) is 6.54 Å². The Morgan fingerprint density at radius 1 is 1.23 bits per heavy atom. The van der Waals surface area contributed by atoms with Crippen LogP contribution >= 0.6 is 11.6 Å². The Hall–Kier alpha value is -2.33. The summed E-state index contributed by atoms with van der Waals surface area (Å²) >= 11 is 6.24. The maximum absolute atomic E-state index is 12.4. The molecule has 26 heavy (non-hydrogen) atoms. The van der Waals surface area contributed by atoms with Gasteiger partial charge in [0.1, 0.15) is 5.82 Å². The Morgan fingerprint density at radius 3 is 2.85 bits per heavy atom. The molecule has 0 aliphatic heterocycles. The van der Waals surface area contributed by atoms with Gasteiger partial charge < -0.3 is 9.88 Å². The predicted octanol–water partition coefficient (Wildman–Crippen LogP) is 4.31. The average Bonchev–Trinajstić information content (AvgIpc) is 3.37. The molecular formula is C21H22ClN3O. The molecule has 2 atom stereocenters. The number of hydrogen-bond donors (Lipinski definition) is 1. The van der Waals surface area contributed by atoms with Crippen LogP contribution in [0.2, 0.25) is 5.02 Å². The second-order valence-electron chi connectivity index (χ2n) is 6.91. The van der Waals surface area contributed by atoms with E-state index in [1.807, 2.05) is 49.4 Å². The van der Waals surface area contributed by atoms with Crippen LogP contribution in [0.25, 0.3) is 11.0 Å². The zero-order valence-corrected chi connectivity index (χ0v) is 15.5. The molecule has 0 bridgehead atoms. The summed E-state index contributed by atoms with van der Waals surface area (Å²) in [7, 11) is 0. The van der Waals surface area contributed by atoms with Crippen LogP contribution in [0, 0.1) is 12.8 Å². The fraction of sp³-hybridized carbons (Fsp3) is 0.333. The van der Waals surface area contributed by atoms with Crippen LogP contribution in [0.1, 0.15) is 30.1 Å². The third-order valence-electron chi connectivity index (χ3n) is 5.14. The lowest BCUT2D eigenvalue weighted by Crippen LogP contribution is -2.27. The molecule has 3 aromatic rings. The van der Waals surface area contributed by atoms with Crippen molar-refractivity contribution in [3.8, 4) is 0 Å². The number of imidazole rings is 1. The van der Waals surface area contributed by atoms with E-state index in [2.05, 4.69) is 20.9 Å². The molecule has 4 nitrogen and oxygen atoms in total. The summed E-state index contributed by atoms with van der Waals surface area (Å²) in [6.45, 7) is 3.55. The second-order valence-corrected chi connectivity index (χ2v) is 7.32. The predicted molar refractivity (Wildman–Crippen MR) is 104 cm³/mol. The lowest BCUT2D eigenvalue weighted by atomic mass is 10.1. The lowest BCUT2D eigenvalue weighted by Gasteiger charge is -2.08. The monoisotopic (exact) mass is 367 g/mol. The van der Waals surface area contributed by atoms with Gasteiger partial charge in [0.05, 0.1) is 11.0 Å². The van der Waals surface area contributed by atoms with Crippen LogP contribution in [0.4, 0.5) is 0 Å². The first-order valence-electron chi connectivity index (χ1n) is 9.09. The second kappa shape index (κ2) is 7.12. The number of rotatable bonds is 6. The van der Waals surface area contributed by atoms with Crippen molar-refractivity contribution in [1.82, 2.24) is 14.9 Å². The van der Waals surface area contributed by atoms with E-state index in [1.165, 1.54) is 0 Å². The topological polar surface area (TPSA) is 46.9 Å². The van der Waals surface area contributed by atoms with Crippen molar-refractivity contribution >= 4 is 28.5 Å². The van der Waals surface area contributed by atoms with Gasteiger partial charge >= 0.3 is 0 Å². The van der Waals surface area contributed by atoms with Gasteiger partial charge in [0.25, 0.3) is 0 Å². The summed E-state index contributed by atoms with van der Waals surface area (Å²) in [5, 5.41) is 3.84. The molecule has 1 fully saturated rings. The number of carbonyl (C=O) groups excluding carboxylic acids is 1. The minimum Gasteiger partial charge on any atom is -0.356 e. The highest BCUT2D eigenvalue weighted by atomic mass is 35.5. The van der Waals surface area contributed by atoms with Crippen LogP contribution in [0.5, 0.6) is 0 Å². The maximum Gasteiger partial charge on any atom is 0.223 e. The van der Waals surface area contributed by atoms with Crippen molar-refractivity contribution in [3.05, 3.63) is 64.9 Å². The number of hydrogen-bond acceptors (Lipinski definition) is 2. The number of amides is 1. The molecule has 1 aliphatic carbocycles. The van der Waals surface area contributed by atoms with Gasteiger partial charge in [-0.25, -0.2) is 4.98 Å². The van der Waals surface area contributed by atoms with Gasteiger partial charge in [-0.3, -0.25) is 4.79 Å². The zero-order chi connectivity index (χ0) is 18.1. The minimum absolute atomic E-state index is 0.0608. The quantitative estimate of drug-likeness (QED) is 0.660. The standard InChI is InChI=1S/C21H22ClN3O/c1-14-24-19-9-4-5-10-20(19)25(14)12-6-11-23-21(26)17-13-16(17)15-7-2-3-8-18(15)22/h2-5,7-10,16-17H,6,11-13H2,1H3,(H,23,26). The first-order chi connectivity index (χ1) is 12.6. The smallest absolute Gasteiger partial charge is 0.223 e. The normalized spacial score (nSPS) is 18.8.